The van der Waals surface area contributed by atoms with E-state index in [0.29, 0.717) is 39.2 Å². The molecule has 0 spiro atoms. The van der Waals surface area contributed by atoms with Gasteiger partial charge in [-0.15, -0.1) is 0 Å². The van der Waals surface area contributed by atoms with Crippen LogP contribution in [0.4, 0.5) is 5.82 Å². The van der Waals surface area contributed by atoms with Crippen LogP contribution in [0, 0.1) is 6.92 Å². The van der Waals surface area contributed by atoms with Crippen molar-refractivity contribution in [3.8, 4) is 5.69 Å². The predicted octanol–water partition coefficient (Wildman–Crippen LogP) is 3.71. The van der Waals surface area contributed by atoms with E-state index in [1.165, 1.54) is 5.56 Å². The van der Waals surface area contributed by atoms with E-state index in [2.05, 4.69) is 41.2 Å². The number of anilines is 1. The van der Waals surface area contributed by atoms with Crippen LogP contribution in [0.5, 0.6) is 0 Å². The molecule has 196 valence electrons. The van der Waals surface area contributed by atoms with E-state index in [9.17, 15) is 9.59 Å². The van der Waals surface area contributed by atoms with E-state index < -0.39 is 0 Å². The second-order valence-electron chi connectivity index (χ2n) is 9.43. The first-order valence-electron chi connectivity index (χ1n) is 13.1. The average Bonchev–Trinajstić information content (AvgIpc) is 3.37. The first-order chi connectivity index (χ1) is 18.5. The summed E-state index contributed by atoms with van der Waals surface area (Å²) in [7, 11) is 0. The summed E-state index contributed by atoms with van der Waals surface area (Å²) in [4.78, 5) is 38.3. The first kappa shape index (κ1) is 25.4. The van der Waals surface area contributed by atoms with Crippen LogP contribution in [-0.2, 0) is 20.7 Å². The van der Waals surface area contributed by atoms with E-state index in [4.69, 9.17) is 14.7 Å². The van der Waals surface area contributed by atoms with Crippen LogP contribution in [0.2, 0.25) is 0 Å². The second-order valence-corrected chi connectivity index (χ2v) is 9.43. The maximum absolute atomic E-state index is 12.7. The molecule has 38 heavy (non-hydrogen) atoms. The van der Waals surface area contributed by atoms with Gasteiger partial charge in [0.1, 0.15) is 11.6 Å². The van der Waals surface area contributed by atoms with Crippen LogP contribution in [0.1, 0.15) is 36.7 Å². The molecule has 2 aromatic heterocycles. The summed E-state index contributed by atoms with van der Waals surface area (Å²) in [6.07, 6.45) is 2.71. The van der Waals surface area contributed by atoms with Gasteiger partial charge in [0.05, 0.1) is 30.3 Å². The van der Waals surface area contributed by atoms with Crippen LogP contribution in [0.15, 0.2) is 60.8 Å². The van der Waals surface area contributed by atoms with Gasteiger partial charge >= 0.3 is 5.97 Å². The fourth-order valence-electron chi connectivity index (χ4n) is 4.67. The van der Waals surface area contributed by atoms with Crippen molar-refractivity contribution in [2.24, 2.45) is 0 Å². The van der Waals surface area contributed by atoms with E-state index >= 15 is 0 Å². The highest BCUT2D eigenvalue weighted by Crippen LogP contribution is 2.27. The minimum absolute atomic E-state index is 0.0255. The molecule has 0 unspecified atom stereocenters. The topological polar surface area (TPSA) is 93.5 Å². The lowest BCUT2D eigenvalue weighted by Crippen LogP contribution is -2.49. The van der Waals surface area contributed by atoms with Crippen LogP contribution in [0.25, 0.3) is 16.7 Å². The SMILES string of the molecule is CCOC(=O)CCC(=O)N1CCN(c2nc(Cc3ccc(C)cc3)nc3c2cnn3-c2ccccc2)CC1. The zero-order valence-corrected chi connectivity index (χ0v) is 21.8. The van der Waals surface area contributed by atoms with Gasteiger partial charge in [0, 0.05) is 39.0 Å². The number of amides is 1. The maximum Gasteiger partial charge on any atom is 0.306 e. The van der Waals surface area contributed by atoms with Crippen molar-refractivity contribution in [3.63, 3.8) is 0 Å². The number of benzene rings is 2. The van der Waals surface area contributed by atoms with Gasteiger partial charge in [-0.1, -0.05) is 48.0 Å². The van der Waals surface area contributed by atoms with Gasteiger partial charge in [0.25, 0.3) is 0 Å². The fraction of sp³-hybridized carbons (Fsp3) is 0.345. The monoisotopic (exact) mass is 512 g/mol. The molecular weight excluding hydrogens is 480 g/mol. The number of fused-ring (bicyclic) bond motifs is 1. The van der Waals surface area contributed by atoms with Crippen molar-refractivity contribution in [2.75, 3.05) is 37.7 Å². The number of nitrogens with zero attached hydrogens (tertiary/aromatic N) is 6. The molecule has 2 aromatic carbocycles. The second kappa shape index (κ2) is 11.4. The minimum atomic E-state index is -0.334. The van der Waals surface area contributed by atoms with Gasteiger partial charge in [-0.2, -0.15) is 5.10 Å². The lowest BCUT2D eigenvalue weighted by Gasteiger charge is -2.35. The molecule has 5 rings (SSSR count). The van der Waals surface area contributed by atoms with Crippen LogP contribution in [0.3, 0.4) is 0 Å². The number of carbonyl (C=O) groups excluding carboxylic acids is 2. The van der Waals surface area contributed by atoms with Gasteiger partial charge in [-0.25, -0.2) is 14.6 Å². The molecule has 3 heterocycles. The smallest absolute Gasteiger partial charge is 0.306 e. The fourth-order valence-corrected chi connectivity index (χ4v) is 4.67. The van der Waals surface area contributed by atoms with Gasteiger partial charge in [0.2, 0.25) is 5.91 Å². The number of rotatable bonds is 8. The molecule has 0 atom stereocenters. The molecule has 0 radical (unpaired) electrons. The zero-order valence-electron chi connectivity index (χ0n) is 21.8. The van der Waals surface area contributed by atoms with Crippen molar-refractivity contribution in [1.29, 1.82) is 0 Å². The molecule has 9 nitrogen and oxygen atoms in total. The first-order valence-corrected chi connectivity index (χ1v) is 13.1. The number of para-hydroxylation sites is 1. The Morgan fingerprint density at radius 2 is 1.66 bits per heavy atom. The summed E-state index contributed by atoms with van der Waals surface area (Å²) in [6, 6.07) is 18.4. The van der Waals surface area contributed by atoms with Crippen molar-refractivity contribution >= 4 is 28.7 Å². The molecule has 1 fully saturated rings. The number of piperazine rings is 1. The summed E-state index contributed by atoms with van der Waals surface area (Å²) < 4.78 is 6.80. The molecule has 1 aliphatic heterocycles. The Labute approximate surface area is 222 Å². The van der Waals surface area contributed by atoms with Crippen molar-refractivity contribution < 1.29 is 14.3 Å². The Bertz CT molecular complexity index is 1410. The minimum Gasteiger partial charge on any atom is -0.466 e. The molecule has 1 amide bonds. The van der Waals surface area contributed by atoms with Gasteiger partial charge < -0.3 is 14.5 Å². The van der Waals surface area contributed by atoms with Gasteiger partial charge in [-0.05, 0) is 31.5 Å². The number of ether oxygens (including phenoxy) is 1. The van der Waals surface area contributed by atoms with E-state index in [0.717, 1.165) is 33.9 Å². The van der Waals surface area contributed by atoms with E-state index in [1.54, 1.807) is 6.92 Å². The Morgan fingerprint density at radius 3 is 2.37 bits per heavy atom. The summed E-state index contributed by atoms with van der Waals surface area (Å²) in [5, 5.41) is 5.54. The third kappa shape index (κ3) is 5.66. The molecule has 9 heteroatoms. The molecule has 0 saturated carbocycles. The predicted molar refractivity (Wildman–Crippen MR) is 145 cm³/mol. The number of aryl methyl sites for hydroxylation is 1. The molecular formula is C29H32N6O3. The van der Waals surface area contributed by atoms with Gasteiger partial charge in [0.15, 0.2) is 5.65 Å². The molecule has 1 saturated heterocycles. The quantitative estimate of drug-likeness (QED) is 0.332. The van der Waals surface area contributed by atoms with Crippen LogP contribution < -0.4 is 4.90 Å². The summed E-state index contributed by atoms with van der Waals surface area (Å²) >= 11 is 0. The summed E-state index contributed by atoms with van der Waals surface area (Å²) in [5.41, 5.74) is 4.05. The van der Waals surface area contributed by atoms with Crippen molar-refractivity contribution in [3.05, 3.63) is 77.7 Å². The van der Waals surface area contributed by atoms with E-state index in [1.807, 2.05) is 46.1 Å². The number of carbonyl (C=O) groups is 2. The number of hydrogen-bond donors (Lipinski definition) is 0. The van der Waals surface area contributed by atoms with E-state index in [-0.39, 0.29) is 24.7 Å². The Balaban J connectivity index is 1.40. The van der Waals surface area contributed by atoms with Crippen LogP contribution >= 0.6 is 0 Å². The molecule has 0 N–H and O–H groups in total. The van der Waals surface area contributed by atoms with Crippen LogP contribution in [-0.4, -0.2) is 69.3 Å². The Hall–Kier alpha value is -4.27. The summed E-state index contributed by atoms with van der Waals surface area (Å²) in [5.74, 6) is 1.20. The molecule has 0 bridgehead atoms. The third-order valence-electron chi connectivity index (χ3n) is 6.72. The third-order valence-corrected chi connectivity index (χ3v) is 6.72. The highest BCUT2D eigenvalue weighted by atomic mass is 16.5. The van der Waals surface area contributed by atoms with Crippen molar-refractivity contribution in [1.82, 2.24) is 24.6 Å². The lowest BCUT2D eigenvalue weighted by atomic mass is 10.1. The highest BCUT2D eigenvalue weighted by molar-refractivity contribution is 5.88. The normalized spacial score (nSPS) is 13.6. The number of hydrogen-bond acceptors (Lipinski definition) is 7. The molecule has 1 aliphatic rings. The highest BCUT2D eigenvalue weighted by Gasteiger charge is 2.25. The van der Waals surface area contributed by atoms with Gasteiger partial charge in [-0.3, -0.25) is 9.59 Å². The Morgan fingerprint density at radius 1 is 0.921 bits per heavy atom. The van der Waals surface area contributed by atoms with Crippen molar-refractivity contribution in [2.45, 2.75) is 33.1 Å². The molecule has 0 aliphatic carbocycles. The average molecular weight is 513 g/mol. The lowest BCUT2D eigenvalue weighted by molar-refractivity contribution is -0.145. The Kier molecular flexibility index (Phi) is 7.62. The number of esters is 1. The molecule has 4 aromatic rings. The zero-order chi connectivity index (χ0) is 26.5. The standard InChI is InChI=1S/C29H32N6O3/c1-3-38-27(37)14-13-26(36)33-15-17-34(18-16-33)28-24-20-30-35(23-7-5-4-6-8-23)29(24)32-25(31-28)19-22-11-9-21(2)10-12-22/h4-12,20H,3,13-19H2,1-2H3. The number of aromatic nitrogens is 4. The largest absolute Gasteiger partial charge is 0.466 e. The summed E-state index contributed by atoms with van der Waals surface area (Å²) in [6.45, 7) is 6.56. The maximum atomic E-state index is 12.7.